The third kappa shape index (κ3) is 1.47. The number of hydrogen-bond acceptors (Lipinski definition) is 2. The SMILES string of the molecule is O=C(O)Cn1cc(C2CC2)cn1. The summed E-state index contributed by atoms with van der Waals surface area (Å²) in [5, 5.41) is 12.4. The minimum atomic E-state index is -0.847. The lowest BCUT2D eigenvalue weighted by molar-refractivity contribution is -0.137. The summed E-state index contributed by atoms with van der Waals surface area (Å²) in [5.41, 5.74) is 1.18. The van der Waals surface area contributed by atoms with Crippen molar-refractivity contribution in [1.29, 1.82) is 0 Å². The van der Waals surface area contributed by atoms with Crippen molar-refractivity contribution in [2.24, 2.45) is 0 Å². The summed E-state index contributed by atoms with van der Waals surface area (Å²) < 4.78 is 1.47. The van der Waals surface area contributed by atoms with Crippen molar-refractivity contribution in [2.75, 3.05) is 0 Å². The van der Waals surface area contributed by atoms with Crippen LogP contribution in [0.15, 0.2) is 12.4 Å². The van der Waals surface area contributed by atoms with Crippen LogP contribution in [0.2, 0.25) is 0 Å². The first-order chi connectivity index (χ1) is 5.75. The Balaban J connectivity index is 2.07. The van der Waals surface area contributed by atoms with Gasteiger partial charge in [-0.3, -0.25) is 9.48 Å². The minimum Gasteiger partial charge on any atom is -0.480 e. The fourth-order valence-corrected chi connectivity index (χ4v) is 1.23. The van der Waals surface area contributed by atoms with Gasteiger partial charge in [0, 0.05) is 6.20 Å². The zero-order chi connectivity index (χ0) is 8.55. The highest BCUT2D eigenvalue weighted by molar-refractivity contribution is 5.66. The monoisotopic (exact) mass is 166 g/mol. The molecule has 12 heavy (non-hydrogen) atoms. The van der Waals surface area contributed by atoms with Crippen molar-refractivity contribution in [3.63, 3.8) is 0 Å². The Bertz CT molecular complexity index is 302. The molecule has 4 nitrogen and oxygen atoms in total. The highest BCUT2D eigenvalue weighted by Gasteiger charge is 2.24. The van der Waals surface area contributed by atoms with Gasteiger partial charge in [0.2, 0.25) is 0 Å². The highest BCUT2D eigenvalue weighted by atomic mass is 16.4. The molecular formula is C8H10N2O2. The van der Waals surface area contributed by atoms with E-state index in [1.54, 1.807) is 6.20 Å². The molecule has 0 saturated heterocycles. The zero-order valence-electron chi connectivity index (χ0n) is 6.60. The molecule has 1 saturated carbocycles. The van der Waals surface area contributed by atoms with Gasteiger partial charge >= 0.3 is 5.97 Å². The molecular weight excluding hydrogens is 156 g/mol. The summed E-state index contributed by atoms with van der Waals surface area (Å²) in [7, 11) is 0. The Labute approximate surface area is 69.8 Å². The molecule has 0 unspecified atom stereocenters. The fraction of sp³-hybridized carbons (Fsp3) is 0.500. The van der Waals surface area contributed by atoms with Crippen LogP contribution in [0.25, 0.3) is 0 Å². The lowest BCUT2D eigenvalue weighted by Gasteiger charge is -1.92. The summed E-state index contributed by atoms with van der Waals surface area (Å²) in [6, 6.07) is 0. The number of aliphatic carboxylic acids is 1. The molecule has 1 fully saturated rings. The molecule has 0 radical (unpaired) electrons. The van der Waals surface area contributed by atoms with Crippen molar-refractivity contribution >= 4 is 5.97 Å². The van der Waals surface area contributed by atoms with Gasteiger partial charge in [-0.1, -0.05) is 0 Å². The molecule has 64 valence electrons. The summed E-state index contributed by atoms with van der Waals surface area (Å²) >= 11 is 0. The maximum Gasteiger partial charge on any atom is 0.325 e. The molecule has 0 bridgehead atoms. The number of carbonyl (C=O) groups is 1. The van der Waals surface area contributed by atoms with Crippen LogP contribution in [0.1, 0.15) is 24.3 Å². The van der Waals surface area contributed by atoms with Crippen LogP contribution in [0.3, 0.4) is 0 Å². The quantitative estimate of drug-likeness (QED) is 0.724. The van der Waals surface area contributed by atoms with E-state index in [9.17, 15) is 4.79 Å². The number of carboxylic acid groups (broad SMARTS) is 1. The molecule has 0 amide bonds. The van der Waals surface area contributed by atoms with Gasteiger partial charge in [-0.15, -0.1) is 0 Å². The zero-order valence-corrected chi connectivity index (χ0v) is 6.60. The predicted molar refractivity (Wildman–Crippen MR) is 41.8 cm³/mol. The number of aromatic nitrogens is 2. The normalized spacial score (nSPS) is 16.3. The molecule has 1 aliphatic carbocycles. The van der Waals surface area contributed by atoms with Gasteiger partial charge in [-0.2, -0.15) is 5.10 Å². The van der Waals surface area contributed by atoms with E-state index in [0.717, 1.165) is 0 Å². The van der Waals surface area contributed by atoms with Crippen LogP contribution < -0.4 is 0 Å². The van der Waals surface area contributed by atoms with Crippen LogP contribution >= 0.6 is 0 Å². The van der Waals surface area contributed by atoms with Crippen molar-refractivity contribution < 1.29 is 9.90 Å². The van der Waals surface area contributed by atoms with Crippen LogP contribution in [0.5, 0.6) is 0 Å². The summed E-state index contributed by atoms with van der Waals surface area (Å²) in [5.74, 6) is -0.201. The van der Waals surface area contributed by atoms with Gasteiger partial charge < -0.3 is 5.11 Å². The summed E-state index contributed by atoms with van der Waals surface area (Å²) in [4.78, 5) is 10.3. The third-order valence-electron chi connectivity index (χ3n) is 2.00. The van der Waals surface area contributed by atoms with Crippen LogP contribution in [0.4, 0.5) is 0 Å². The van der Waals surface area contributed by atoms with E-state index in [1.165, 1.54) is 23.1 Å². The van der Waals surface area contributed by atoms with E-state index in [1.807, 2.05) is 6.20 Å². The van der Waals surface area contributed by atoms with E-state index in [0.29, 0.717) is 5.92 Å². The molecule has 0 aromatic carbocycles. The topological polar surface area (TPSA) is 55.1 Å². The Hall–Kier alpha value is -1.32. The Kier molecular flexibility index (Phi) is 1.60. The van der Waals surface area contributed by atoms with E-state index in [4.69, 9.17) is 5.11 Å². The highest BCUT2D eigenvalue weighted by Crippen LogP contribution is 2.39. The molecule has 1 heterocycles. The molecule has 0 aliphatic heterocycles. The van der Waals surface area contributed by atoms with E-state index < -0.39 is 5.97 Å². The second kappa shape index (κ2) is 2.62. The van der Waals surface area contributed by atoms with Crippen molar-refractivity contribution in [1.82, 2.24) is 9.78 Å². The Morgan fingerprint density at radius 2 is 2.50 bits per heavy atom. The molecule has 2 rings (SSSR count). The molecule has 4 heteroatoms. The number of hydrogen-bond donors (Lipinski definition) is 1. The summed E-state index contributed by atoms with van der Waals surface area (Å²) in [6.45, 7) is -0.0350. The third-order valence-corrected chi connectivity index (χ3v) is 2.00. The number of nitrogens with zero attached hydrogens (tertiary/aromatic N) is 2. The summed E-state index contributed by atoms with van der Waals surface area (Å²) in [6.07, 6.45) is 6.03. The lowest BCUT2D eigenvalue weighted by Crippen LogP contribution is -2.08. The largest absolute Gasteiger partial charge is 0.480 e. The lowest BCUT2D eigenvalue weighted by atomic mass is 10.2. The molecule has 1 aliphatic rings. The average molecular weight is 166 g/mol. The molecule has 1 N–H and O–H groups in total. The molecule has 1 aromatic rings. The minimum absolute atomic E-state index is 0.0350. The predicted octanol–water partition coefficient (Wildman–Crippen LogP) is 0.845. The standard InChI is InChI=1S/C8H10N2O2/c11-8(12)5-10-4-7(3-9-10)6-1-2-6/h3-4,6H,1-2,5H2,(H,11,12). The van der Waals surface area contributed by atoms with Crippen LogP contribution in [-0.2, 0) is 11.3 Å². The molecule has 1 aromatic heterocycles. The fourth-order valence-electron chi connectivity index (χ4n) is 1.23. The van der Waals surface area contributed by atoms with E-state index in [2.05, 4.69) is 5.10 Å². The van der Waals surface area contributed by atoms with Crippen molar-refractivity contribution in [3.05, 3.63) is 18.0 Å². The second-order valence-electron chi connectivity index (χ2n) is 3.14. The Morgan fingerprint density at radius 1 is 1.75 bits per heavy atom. The van der Waals surface area contributed by atoms with Gasteiger partial charge in [0.1, 0.15) is 6.54 Å². The van der Waals surface area contributed by atoms with Gasteiger partial charge in [0.05, 0.1) is 6.20 Å². The van der Waals surface area contributed by atoms with Gasteiger partial charge in [0.25, 0.3) is 0 Å². The first-order valence-electron chi connectivity index (χ1n) is 4.00. The molecule has 0 atom stereocenters. The van der Waals surface area contributed by atoms with Crippen LogP contribution in [-0.4, -0.2) is 20.9 Å². The Morgan fingerprint density at radius 3 is 3.08 bits per heavy atom. The second-order valence-corrected chi connectivity index (χ2v) is 3.14. The smallest absolute Gasteiger partial charge is 0.325 e. The van der Waals surface area contributed by atoms with E-state index >= 15 is 0 Å². The maximum absolute atomic E-state index is 10.3. The maximum atomic E-state index is 10.3. The van der Waals surface area contributed by atoms with E-state index in [-0.39, 0.29) is 6.54 Å². The van der Waals surface area contributed by atoms with Gasteiger partial charge in [-0.05, 0) is 24.3 Å². The van der Waals surface area contributed by atoms with Gasteiger partial charge in [-0.25, -0.2) is 0 Å². The van der Waals surface area contributed by atoms with Crippen LogP contribution in [0, 0.1) is 0 Å². The van der Waals surface area contributed by atoms with Gasteiger partial charge in [0.15, 0.2) is 0 Å². The average Bonchev–Trinajstić information content (AvgIpc) is 2.73. The first-order valence-corrected chi connectivity index (χ1v) is 4.00. The molecule has 0 spiro atoms. The first kappa shape index (κ1) is 7.34. The number of carboxylic acids is 1. The number of rotatable bonds is 3. The van der Waals surface area contributed by atoms with Crippen molar-refractivity contribution in [2.45, 2.75) is 25.3 Å². The van der Waals surface area contributed by atoms with Crippen molar-refractivity contribution in [3.8, 4) is 0 Å².